The van der Waals surface area contributed by atoms with E-state index in [1.807, 2.05) is 47.0 Å². The van der Waals surface area contributed by atoms with Crippen molar-refractivity contribution in [1.82, 2.24) is 4.57 Å². The zero-order chi connectivity index (χ0) is 22.7. The highest BCUT2D eigenvalue weighted by atomic mass is 32.2. The number of primary sulfonamides is 1. The number of sulfonamides is 1. The van der Waals surface area contributed by atoms with Crippen molar-refractivity contribution in [3.05, 3.63) is 83.2 Å². The molecular weight excluding hydrogens is 446 g/mol. The van der Waals surface area contributed by atoms with Crippen molar-refractivity contribution < 1.29 is 17.9 Å². The summed E-state index contributed by atoms with van der Waals surface area (Å²) in [6.45, 7) is 0.875. The molecule has 1 aromatic heterocycles. The van der Waals surface area contributed by atoms with Crippen LogP contribution >= 0.6 is 11.3 Å². The lowest BCUT2D eigenvalue weighted by molar-refractivity contribution is 0.0997. The second-order valence-corrected chi connectivity index (χ2v) is 9.63. The first-order valence-electron chi connectivity index (χ1n) is 9.76. The minimum Gasteiger partial charge on any atom is -0.383 e. The van der Waals surface area contributed by atoms with Gasteiger partial charge in [-0.05, 0) is 41.5 Å². The van der Waals surface area contributed by atoms with E-state index in [1.165, 1.54) is 23.5 Å². The second-order valence-electron chi connectivity index (χ2n) is 7.06. The van der Waals surface area contributed by atoms with Gasteiger partial charge in [-0.2, -0.15) is 4.99 Å². The summed E-state index contributed by atoms with van der Waals surface area (Å²) in [5.74, 6) is -0.381. The van der Waals surface area contributed by atoms with E-state index in [-0.39, 0.29) is 10.8 Å². The van der Waals surface area contributed by atoms with E-state index >= 15 is 0 Å². The van der Waals surface area contributed by atoms with Crippen LogP contribution in [0.3, 0.4) is 0 Å². The summed E-state index contributed by atoms with van der Waals surface area (Å²) in [6.07, 6.45) is 0. The lowest BCUT2D eigenvalue weighted by Gasteiger charge is -2.05. The number of thiazole rings is 1. The molecular formula is C23H21N3O4S2. The molecule has 1 heterocycles. The van der Waals surface area contributed by atoms with Crippen molar-refractivity contribution >= 4 is 37.5 Å². The zero-order valence-corrected chi connectivity index (χ0v) is 18.9. The van der Waals surface area contributed by atoms with Gasteiger partial charge in [-0.25, -0.2) is 13.6 Å². The molecule has 0 bridgehead atoms. The van der Waals surface area contributed by atoms with Crippen LogP contribution in [0.4, 0.5) is 0 Å². The molecule has 0 saturated heterocycles. The van der Waals surface area contributed by atoms with Crippen LogP contribution < -0.4 is 9.94 Å². The first-order chi connectivity index (χ1) is 15.4. The Morgan fingerprint density at radius 1 is 1.03 bits per heavy atom. The van der Waals surface area contributed by atoms with Crippen LogP contribution in [0.1, 0.15) is 10.4 Å². The van der Waals surface area contributed by atoms with Gasteiger partial charge in [-0.3, -0.25) is 4.79 Å². The van der Waals surface area contributed by atoms with E-state index in [2.05, 4.69) is 4.99 Å². The fraction of sp³-hybridized carbons (Fsp3) is 0.130. The molecule has 0 aliphatic carbocycles. The highest BCUT2D eigenvalue weighted by molar-refractivity contribution is 7.89. The molecule has 32 heavy (non-hydrogen) atoms. The van der Waals surface area contributed by atoms with Gasteiger partial charge >= 0.3 is 0 Å². The molecule has 4 aromatic rings. The monoisotopic (exact) mass is 467 g/mol. The van der Waals surface area contributed by atoms with Crippen molar-refractivity contribution in [3.63, 3.8) is 0 Å². The van der Waals surface area contributed by atoms with Crippen LogP contribution in [0, 0.1) is 0 Å². The summed E-state index contributed by atoms with van der Waals surface area (Å²) in [4.78, 5) is 17.7. The predicted octanol–water partition coefficient (Wildman–Crippen LogP) is 3.40. The molecule has 0 saturated carbocycles. The highest BCUT2D eigenvalue weighted by Crippen LogP contribution is 2.22. The van der Waals surface area contributed by atoms with Crippen LogP contribution in [-0.4, -0.2) is 32.6 Å². The van der Waals surface area contributed by atoms with Crippen LogP contribution in [0.25, 0.3) is 21.3 Å². The van der Waals surface area contributed by atoms with Crippen LogP contribution in [0.5, 0.6) is 0 Å². The Morgan fingerprint density at radius 3 is 2.38 bits per heavy atom. The molecule has 3 aromatic carbocycles. The van der Waals surface area contributed by atoms with Crippen molar-refractivity contribution in [3.8, 4) is 11.1 Å². The van der Waals surface area contributed by atoms with Crippen LogP contribution in [-0.2, 0) is 21.3 Å². The lowest BCUT2D eigenvalue weighted by Crippen LogP contribution is -2.19. The third-order valence-electron chi connectivity index (χ3n) is 4.94. The number of ether oxygens (including phenoxy) is 1. The van der Waals surface area contributed by atoms with Gasteiger partial charge in [0.25, 0.3) is 5.91 Å². The maximum absolute atomic E-state index is 12.9. The largest absolute Gasteiger partial charge is 0.383 e. The summed E-state index contributed by atoms with van der Waals surface area (Å²) < 4.78 is 31.1. The summed E-state index contributed by atoms with van der Waals surface area (Å²) in [7, 11) is -2.24. The standard InChI is InChI=1S/C23H21N3O4S2/c1-30-14-13-26-20-12-11-19(32(24,28)29)15-21(20)31-23(26)25-22(27)18-9-7-17(8-10-18)16-5-3-2-4-6-16/h2-12,15H,13-14H2,1H3,(H2,24,28,29). The number of carbonyl (C=O) groups excluding carboxylic acids is 1. The summed E-state index contributed by atoms with van der Waals surface area (Å²) in [5.41, 5.74) is 3.29. The smallest absolute Gasteiger partial charge is 0.279 e. The molecule has 9 heteroatoms. The van der Waals surface area contributed by atoms with E-state index in [0.717, 1.165) is 16.6 Å². The molecule has 0 aliphatic rings. The number of rotatable bonds is 6. The van der Waals surface area contributed by atoms with E-state index < -0.39 is 10.0 Å². The van der Waals surface area contributed by atoms with Gasteiger partial charge in [0.15, 0.2) is 4.80 Å². The second kappa shape index (κ2) is 9.17. The molecule has 164 valence electrons. The van der Waals surface area contributed by atoms with Crippen molar-refractivity contribution in [2.24, 2.45) is 10.1 Å². The molecule has 0 spiro atoms. The van der Waals surface area contributed by atoms with Gasteiger partial charge < -0.3 is 9.30 Å². The maximum atomic E-state index is 12.9. The third kappa shape index (κ3) is 4.71. The van der Waals surface area contributed by atoms with Crippen molar-refractivity contribution in [2.75, 3.05) is 13.7 Å². The fourth-order valence-corrected chi connectivity index (χ4v) is 5.01. The normalized spacial score (nSPS) is 12.4. The maximum Gasteiger partial charge on any atom is 0.279 e. The van der Waals surface area contributed by atoms with E-state index in [0.29, 0.717) is 28.2 Å². The number of benzene rings is 3. The lowest BCUT2D eigenvalue weighted by atomic mass is 10.0. The number of methoxy groups -OCH3 is 1. The first kappa shape index (κ1) is 22.1. The Morgan fingerprint density at radius 2 is 1.72 bits per heavy atom. The molecule has 2 N–H and O–H groups in total. The van der Waals surface area contributed by atoms with Gasteiger partial charge in [0.1, 0.15) is 0 Å². The van der Waals surface area contributed by atoms with E-state index in [9.17, 15) is 13.2 Å². The Labute approximate surface area is 189 Å². The summed E-state index contributed by atoms with van der Waals surface area (Å²) >= 11 is 1.23. The fourth-order valence-electron chi connectivity index (χ4n) is 3.30. The van der Waals surface area contributed by atoms with Gasteiger partial charge in [-0.15, -0.1) is 0 Å². The average Bonchev–Trinajstić information content (AvgIpc) is 3.13. The molecule has 0 unspecified atom stereocenters. The Kier molecular flexibility index (Phi) is 6.33. The number of fused-ring (bicyclic) bond motifs is 1. The Bertz CT molecular complexity index is 1440. The molecule has 7 nitrogen and oxygen atoms in total. The minimum absolute atomic E-state index is 0.0134. The van der Waals surface area contributed by atoms with Crippen molar-refractivity contribution in [1.29, 1.82) is 0 Å². The summed E-state index contributed by atoms with van der Waals surface area (Å²) in [5, 5.41) is 5.26. The molecule has 0 atom stereocenters. The summed E-state index contributed by atoms with van der Waals surface area (Å²) in [6, 6.07) is 21.8. The molecule has 0 aliphatic heterocycles. The number of carbonyl (C=O) groups is 1. The Hall–Kier alpha value is -3.11. The Balaban J connectivity index is 1.73. The third-order valence-corrected chi connectivity index (χ3v) is 6.89. The minimum atomic E-state index is -3.83. The number of amides is 1. The van der Waals surface area contributed by atoms with Gasteiger partial charge in [-0.1, -0.05) is 53.8 Å². The number of nitrogens with zero attached hydrogens (tertiary/aromatic N) is 2. The topological polar surface area (TPSA) is 104 Å². The average molecular weight is 468 g/mol. The van der Waals surface area contributed by atoms with Crippen LogP contribution in [0.2, 0.25) is 0 Å². The van der Waals surface area contributed by atoms with Crippen LogP contribution in [0.15, 0.2) is 82.7 Å². The van der Waals surface area contributed by atoms with Gasteiger partial charge in [0.2, 0.25) is 10.0 Å². The number of hydrogen-bond acceptors (Lipinski definition) is 5. The first-order valence-corrected chi connectivity index (χ1v) is 12.1. The van der Waals surface area contributed by atoms with E-state index in [1.54, 1.807) is 25.3 Å². The van der Waals surface area contributed by atoms with Crippen molar-refractivity contribution in [2.45, 2.75) is 11.4 Å². The number of hydrogen-bond donors (Lipinski definition) is 1. The predicted molar refractivity (Wildman–Crippen MR) is 125 cm³/mol. The van der Waals surface area contributed by atoms with Gasteiger partial charge in [0, 0.05) is 19.2 Å². The quantitative estimate of drug-likeness (QED) is 0.469. The number of nitrogens with two attached hydrogens (primary N) is 1. The zero-order valence-electron chi connectivity index (χ0n) is 17.3. The highest BCUT2D eigenvalue weighted by Gasteiger charge is 2.14. The van der Waals surface area contributed by atoms with E-state index in [4.69, 9.17) is 9.88 Å². The van der Waals surface area contributed by atoms with Gasteiger partial charge in [0.05, 0.1) is 21.7 Å². The molecule has 4 rings (SSSR count). The molecule has 0 radical (unpaired) electrons. The SMILES string of the molecule is COCCn1c(=NC(=O)c2ccc(-c3ccccc3)cc2)sc2cc(S(N)(=O)=O)ccc21. The molecule has 0 fully saturated rings. The number of aromatic nitrogens is 1. The molecule has 1 amide bonds.